The summed E-state index contributed by atoms with van der Waals surface area (Å²) in [6, 6.07) is 4.41. The number of rotatable bonds is 3. The molecule has 0 spiro atoms. The first-order valence-electron chi connectivity index (χ1n) is 9.37. The maximum absolute atomic E-state index is 12.7. The first-order chi connectivity index (χ1) is 13.7. The summed E-state index contributed by atoms with van der Waals surface area (Å²) in [6.45, 7) is 0. The Morgan fingerprint density at radius 2 is 2.00 bits per heavy atom. The van der Waals surface area contributed by atoms with Crippen LogP contribution in [0.25, 0.3) is 0 Å². The Balaban J connectivity index is 1.67. The Morgan fingerprint density at radius 1 is 1.24 bits per heavy atom. The number of amides is 1. The highest BCUT2D eigenvalue weighted by Gasteiger charge is 2.39. The number of hydrogen-bond donors (Lipinski definition) is 4. The van der Waals surface area contributed by atoms with E-state index in [2.05, 4.69) is 19.8 Å². The van der Waals surface area contributed by atoms with Crippen LogP contribution < -0.4 is 15.4 Å². The van der Waals surface area contributed by atoms with E-state index in [1.54, 1.807) is 6.07 Å². The third-order valence-electron chi connectivity index (χ3n) is 5.30. The molecule has 0 bridgehead atoms. The number of amidine groups is 1. The summed E-state index contributed by atoms with van der Waals surface area (Å²) in [5, 5.41) is 16.8. The topological polar surface area (TPSA) is 137 Å². The molecular weight excluding hydrogens is 416 g/mol. The Morgan fingerprint density at radius 3 is 2.76 bits per heavy atom. The van der Waals surface area contributed by atoms with Crippen LogP contribution in [0.3, 0.4) is 0 Å². The van der Waals surface area contributed by atoms with Gasteiger partial charge in [-0.3, -0.25) is 9.52 Å². The fourth-order valence-electron chi connectivity index (χ4n) is 4.02. The Bertz CT molecular complexity index is 1060. The van der Waals surface area contributed by atoms with E-state index in [1.165, 1.54) is 12.1 Å². The molecule has 0 radical (unpaired) electrons. The third kappa shape index (κ3) is 4.01. The fraction of sp³-hybridized carbons (Fsp3) is 0.444. The molecule has 1 amide bonds. The van der Waals surface area contributed by atoms with Crippen molar-refractivity contribution in [1.29, 1.82) is 0 Å². The van der Waals surface area contributed by atoms with Gasteiger partial charge in [0, 0.05) is 17.6 Å². The van der Waals surface area contributed by atoms with Crippen LogP contribution in [0.1, 0.15) is 32.1 Å². The maximum atomic E-state index is 12.7. The van der Waals surface area contributed by atoms with Crippen molar-refractivity contribution in [2.24, 2.45) is 10.3 Å². The number of nitrogens with zero attached hydrogens (tertiary/aromatic N) is 1. The van der Waals surface area contributed by atoms with E-state index in [-0.39, 0.29) is 39.7 Å². The van der Waals surface area contributed by atoms with E-state index in [0.717, 1.165) is 38.4 Å². The second-order valence-electron chi connectivity index (χ2n) is 7.48. The van der Waals surface area contributed by atoms with Crippen molar-refractivity contribution in [1.82, 2.24) is 5.32 Å². The molecule has 156 valence electrons. The smallest absolute Gasteiger partial charge is 0.258 e. The van der Waals surface area contributed by atoms with Crippen molar-refractivity contribution in [3.63, 3.8) is 0 Å². The number of sulfonamides is 1. The summed E-state index contributed by atoms with van der Waals surface area (Å²) >= 11 is 0. The van der Waals surface area contributed by atoms with Crippen molar-refractivity contribution < 1.29 is 22.5 Å². The highest BCUT2D eigenvalue weighted by atomic mass is 32.2. The first kappa shape index (κ1) is 19.9. The van der Waals surface area contributed by atoms with Crippen LogP contribution in [-0.2, 0) is 25.8 Å². The Labute approximate surface area is 171 Å². The molecule has 2 aliphatic heterocycles. The molecular formula is C18H22N4O5S2. The molecule has 11 heteroatoms. The van der Waals surface area contributed by atoms with Crippen molar-refractivity contribution in [3.8, 4) is 0 Å². The van der Waals surface area contributed by atoms with Gasteiger partial charge in [-0.15, -0.1) is 0 Å². The lowest BCUT2D eigenvalue weighted by Crippen LogP contribution is -2.48. The average Bonchev–Trinajstić information content (AvgIpc) is 2.86. The highest BCUT2D eigenvalue weighted by Crippen LogP contribution is 2.35. The lowest BCUT2D eigenvalue weighted by atomic mass is 9.86. The minimum absolute atomic E-state index is 0.0114. The van der Waals surface area contributed by atoms with Gasteiger partial charge < -0.3 is 15.7 Å². The number of carbonyl (C=O) groups excluding carboxylic acids is 1. The summed E-state index contributed by atoms with van der Waals surface area (Å²) < 4.78 is 41.9. The van der Waals surface area contributed by atoms with Crippen LogP contribution in [-0.4, -0.2) is 41.8 Å². The normalized spacial score (nSPS) is 27.0. The highest BCUT2D eigenvalue weighted by molar-refractivity contribution is 7.92. The molecule has 29 heavy (non-hydrogen) atoms. The van der Waals surface area contributed by atoms with E-state index < -0.39 is 26.9 Å². The number of aliphatic hydroxyl groups is 1. The number of anilines is 2. The predicted octanol–water partition coefficient (Wildman–Crippen LogP) is 1.80. The quantitative estimate of drug-likeness (QED) is 0.568. The van der Waals surface area contributed by atoms with Gasteiger partial charge in [0.2, 0.25) is 10.0 Å². The van der Waals surface area contributed by atoms with Gasteiger partial charge in [0.05, 0.1) is 16.8 Å². The minimum atomic E-state index is -3.48. The number of aliphatic hydroxyl groups excluding tert-OH is 1. The number of benzene rings is 1. The molecule has 3 atom stereocenters. The predicted molar refractivity (Wildman–Crippen MR) is 111 cm³/mol. The maximum Gasteiger partial charge on any atom is 0.258 e. The average molecular weight is 439 g/mol. The zero-order chi connectivity index (χ0) is 20.8. The van der Waals surface area contributed by atoms with E-state index in [9.17, 15) is 22.5 Å². The van der Waals surface area contributed by atoms with Gasteiger partial charge in [0.25, 0.3) is 5.91 Å². The molecule has 1 fully saturated rings. The lowest BCUT2D eigenvalue weighted by Gasteiger charge is -2.33. The zero-order valence-electron chi connectivity index (χ0n) is 15.8. The number of carbonyl (C=O) groups is 1. The van der Waals surface area contributed by atoms with Gasteiger partial charge in [-0.1, -0.05) is 19.3 Å². The SMILES string of the molecule is CS(=O)(=O)Nc1ccc2c(c1)S(=O)N=C(C1=C(O)C3CCCCCC3NC1=O)N2. The molecule has 9 nitrogen and oxygen atoms in total. The van der Waals surface area contributed by atoms with Crippen LogP contribution in [0, 0.1) is 5.92 Å². The molecule has 1 saturated carbocycles. The zero-order valence-corrected chi connectivity index (χ0v) is 17.4. The van der Waals surface area contributed by atoms with Crippen molar-refractivity contribution in [3.05, 3.63) is 29.5 Å². The lowest BCUT2D eigenvalue weighted by molar-refractivity contribution is -0.119. The van der Waals surface area contributed by atoms with Crippen molar-refractivity contribution >= 4 is 44.1 Å². The molecule has 1 aromatic rings. The van der Waals surface area contributed by atoms with E-state index in [1.807, 2.05) is 0 Å². The molecule has 1 aromatic carbocycles. The van der Waals surface area contributed by atoms with Crippen molar-refractivity contribution in [2.45, 2.75) is 43.0 Å². The van der Waals surface area contributed by atoms with E-state index in [4.69, 9.17) is 0 Å². The molecule has 4 rings (SSSR count). The monoisotopic (exact) mass is 438 g/mol. The summed E-state index contributed by atoms with van der Waals surface area (Å²) in [4.78, 5) is 13.0. The van der Waals surface area contributed by atoms with Crippen LogP contribution >= 0.6 is 0 Å². The number of fused-ring (bicyclic) bond motifs is 2. The first-order valence-corrected chi connectivity index (χ1v) is 12.4. The molecule has 0 saturated heterocycles. The molecule has 3 unspecified atom stereocenters. The van der Waals surface area contributed by atoms with Gasteiger partial charge >= 0.3 is 0 Å². The van der Waals surface area contributed by atoms with Gasteiger partial charge in [-0.2, -0.15) is 4.40 Å². The largest absolute Gasteiger partial charge is 0.511 e. The van der Waals surface area contributed by atoms with Crippen LogP contribution in [0.5, 0.6) is 0 Å². The molecule has 4 N–H and O–H groups in total. The van der Waals surface area contributed by atoms with Crippen LogP contribution in [0.2, 0.25) is 0 Å². The summed E-state index contributed by atoms with van der Waals surface area (Å²) in [6.07, 6.45) is 5.65. The van der Waals surface area contributed by atoms with Gasteiger partial charge in [-0.25, -0.2) is 12.6 Å². The molecule has 1 aliphatic carbocycles. The van der Waals surface area contributed by atoms with Crippen LogP contribution in [0.4, 0.5) is 11.4 Å². The summed E-state index contributed by atoms with van der Waals surface area (Å²) in [5.74, 6) is -0.571. The van der Waals surface area contributed by atoms with Crippen molar-refractivity contribution in [2.75, 3.05) is 16.3 Å². The van der Waals surface area contributed by atoms with E-state index in [0.29, 0.717) is 5.69 Å². The van der Waals surface area contributed by atoms with Crippen LogP contribution in [0.15, 0.2) is 38.8 Å². The Kier molecular flexibility index (Phi) is 5.11. The summed E-state index contributed by atoms with van der Waals surface area (Å²) in [5.41, 5.74) is 0.716. The third-order valence-corrected chi connectivity index (χ3v) is 6.97. The standard InChI is InChI=1S/C18H22N4O5S2/c1-29(26,27)22-10-7-8-13-14(9-10)28(25)21-17(19-13)15-16(23)11-5-3-2-4-6-12(11)20-18(15)24/h7-9,11-12,22-23H,2-6H2,1H3,(H,19,21)(H,20,24). The van der Waals surface area contributed by atoms with E-state index >= 15 is 0 Å². The second-order valence-corrected chi connectivity index (χ2v) is 10.4. The molecule has 2 heterocycles. The van der Waals surface area contributed by atoms with Gasteiger partial charge in [-0.05, 0) is 31.0 Å². The number of hydrogen-bond acceptors (Lipinski definition) is 6. The fourth-order valence-corrected chi connectivity index (χ4v) is 5.51. The van der Waals surface area contributed by atoms with Gasteiger partial charge in [0.1, 0.15) is 11.3 Å². The second kappa shape index (κ2) is 7.45. The summed E-state index contributed by atoms with van der Waals surface area (Å²) in [7, 11) is -5.34. The number of nitrogens with one attached hydrogen (secondary N) is 3. The minimum Gasteiger partial charge on any atom is -0.511 e. The molecule has 3 aliphatic rings. The van der Waals surface area contributed by atoms with Gasteiger partial charge in [0.15, 0.2) is 16.8 Å². The molecule has 0 aromatic heterocycles. The Hall–Kier alpha value is -2.40.